The van der Waals surface area contributed by atoms with Gasteiger partial charge in [-0.05, 0) is 49.8 Å². The molecule has 2 bridgehead atoms. The van der Waals surface area contributed by atoms with Crippen molar-refractivity contribution >= 4 is 11.8 Å². The van der Waals surface area contributed by atoms with Gasteiger partial charge in [-0.2, -0.15) is 0 Å². The van der Waals surface area contributed by atoms with E-state index in [0.717, 1.165) is 36.1 Å². The Hall–Kier alpha value is -2.69. The molecule has 2 aliphatic rings. The number of nitrogens with zero attached hydrogens (tertiary/aromatic N) is 2. The normalized spacial score (nSPS) is 25.7. The van der Waals surface area contributed by atoms with Gasteiger partial charge < -0.3 is 10.2 Å². The Morgan fingerprint density at radius 1 is 1.18 bits per heavy atom. The van der Waals surface area contributed by atoms with E-state index >= 15 is 0 Å². The second-order valence-electron chi connectivity index (χ2n) is 8.15. The van der Waals surface area contributed by atoms with Crippen LogP contribution < -0.4 is 5.32 Å². The van der Waals surface area contributed by atoms with Gasteiger partial charge in [-0.25, -0.2) is 0 Å². The second-order valence-corrected chi connectivity index (χ2v) is 8.15. The molecular formula is C23H27N3O2. The molecule has 1 N–H and O–H groups in total. The lowest BCUT2D eigenvalue weighted by atomic mass is 9.69. The van der Waals surface area contributed by atoms with E-state index < -0.39 is 5.41 Å². The van der Waals surface area contributed by atoms with Gasteiger partial charge in [0.15, 0.2) is 0 Å². The number of pyridine rings is 1. The largest absolute Gasteiger partial charge is 0.350 e. The molecule has 3 atom stereocenters. The van der Waals surface area contributed by atoms with Gasteiger partial charge in [0.1, 0.15) is 0 Å². The van der Waals surface area contributed by atoms with Crippen molar-refractivity contribution in [2.45, 2.75) is 58.2 Å². The highest BCUT2D eigenvalue weighted by molar-refractivity contribution is 5.87. The number of rotatable bonds is 5. The zero-order valence-corrected chi connectivity index (χ0v) is 16.5. The first-order valence-electron chi connectivity index (χ1n) is 10.0. The van der Waals surface area contributed by atoms with Gasteiger partial charge in [0.25, 0.3) is 0 Å². The summed E-state index contributed by atoms with van der Waals surface area (Å²) < 4.78 is 0. The van der Waals surface area contributed by atoms with Crippen molar-refractivity contribution in [2.24, 2.45) is 5.41 Å². The van der Waals surface area contributed by atoms with E-state index in [2.05, 4.69) is 22.4 Å². The van der Waals surface area contributed by atoms with Crippen LogP contribution in [0.1, 0.15) is 43.0 Å². The Bertz CT molecular complexity index is 882. The minimum absolute atomic E-state index is 0.0277. The van der Waals surface area contributed by atoms with E-state index in [1.165, 1.54) is 0 Å². The number of aryl methyl sites for hydroxylation is 1. The molecule has 0 aliphatic carbocycles. The maximum Gasteiger partial charge on any atom is 0.229 e. The number of nitrogens with one attached hydrogen (secondary N) is 1. The maximum absolute atomic E-state index is 13.5. The van der Waals surface area contributed by atoms with E-state index in [1.54, 1.807) is 13.1 Å². The molecular weight excluding hydrogens is 350 g/mol. The summed E-state index contributed by atoms with van der Waals surface area (Å²) in [6, 6.07) is 14.2. The molecule has 3 heterocycles. The maximum atomic E-state index is 13.5. The third-order valence-corrected chi connectivity index (χ3v) is 6.45. The summed E-state index contributed by atoms with van der Waals surface area (Å²) in [7, 11) is 0. The molecule has 2 amide bonds. The molecule has 4 rings (SSSR count). The summed E-state index contributed by atoms with van der Waals surface area (Å²) in [6.07, 6.45) is 5.04. The fourth-order valence-electron chi connectivity index (χ4n) is 5.18. The van der Waals surface area contributed by atoms with Crippen LogP contribution in [0.4, 0.5) is 0 Å². The number of fused-ring (bicyclic) bond motifs is 2. The molecule has 0 saturated carbocycles. The van der Waals surface area contributed by atoms with E-state index in [9.17, 15) is 9.59 Å². The van der Waals surface area contributed by atoms with Crippen LogP contribution in [-0.2, 0) is 22.6 Å². The van der Waals surface area contributed by atoms with Gasteiger partial charge >= 0.3 is 0 Å². The fraction of sp³-hybridized carbons (Fsp3) is 0.435. The van der Waals surface area contributed by atoms with Gasteiger partial charge in [-0.1, -0.05) is 36.4 Å². The molecule has 0 spiro atoms. The van der Waals surface area contributed by atoms with Crippen LogP contribution in [0.3, 0.4) is 0 Å². The van der Waals surface area contributed by atoms with Crippen LogP contribution in [0, 0.1) is 12.3 Å². The predicted octanol–water partition coefficient (Wildman–Crippen LogP) is 3.02. The summed E-state index contributed by atoms with van der Waals surface area (Å²) in [5, 5.41) is 3.15. The van der Waals surface area contributed by atoms with Crippen LogP contribution in [0.5, 0.6) is 0 Å². The smallest absolute Gasteiger partial charge is 0.229 e. The first kappa shape index (κ1) is 18.7. The Morgan fingerprint density at radius 2 is 1.96 bits per heavy atom. The van der Waals surface area contributed by atoms with Crippen molar-refractivity contribution in [3.8, 4) is 0 Å². The van der Waals surface area contributed by atoms with Gasteiger partial charge in [0.05, 0.1) is 17.7 Å². The topological polar surface area (TPSA) is 62.3 Å². The van der Waals surface area contributed by atoms with Gasteiger partial charge in [-0.3, -0.25) is 14.6 Å². The van der Waals surface area contributed by atoms with Crippen LogP contribution in [0.2, 0.25) is 0 Å². The van der Waals surface area contributed by atoms with Crippen LogP contribution >= 0.6 is 0 Å². The van der Waals surface area contributed by atoms with Gasteiger partial charge in [-0.15, -0.1) is 0 Å². The summed E-state index contributed by atoms with van der Waals surface area (Å²) in [6.45, 7) is 4.04. The second kappa shape index (κ2) is 7.38. The first-order chi connectivity index (χ1) is 13.5. The zero-order valence-electron chi connectivity index (χ0n) is 16.5. The Kier molecular flexibility index (Phi) is 4.92. The van der Waals surface area contributed by atoms with Crippen molar-refractivity contribution in [1.29, 1.82) is 0 Å². The van der Waals surface area contributed by atoms with Gasteiger partial charge in [0, 0.05) is 25.2 Å². The lowest BCUT2D eigenvalue weighted by Gasteiger charge is -2.36. The third kappa shape index (κ3) is 3.19. The lowest BCUT2D eigenvalue weighted by molar-refractivity contribution is -0.135. The molecule has 2 aromatic rings. The standard InChI is InChI=1S/C23H27N3O2/c1-16-7-6-12-24-20(16)15-25-22(28)23(13-18-8-4-3-5-9-18)14-19-10-11-21(23)26(19)17(2)27/h3-9,12,19,21H,10-11,13-15H2,1-2H3,(H,25,28)/t19-,21+,23+/m0/s1. The van der Waals surface area contributed by atoms with Crippen molar-refractivity contribution in [1.82, 2.24) is 15.2 Å². The van der Waals surface area contributed by atoms with Crippen LogP contribution in [-0.4, -0.2) is 33.8 Å². The summed E-state index contributed by atoms with van der Waals surface area (Å²) in [5.74, 6) is 0.121. The highest BCUT2D eigenvalue weighted by atomic mass is 16.2. The quantitative estimate of drug-likeness (QED) is 0.871. The zero-order chi connectivity index (χ0) is 19.7. The molecule has 1 aromatic heterocycles. The SMILES string of the molecule is CC(=O)N1[C@H]2CC[C@@H]1[C@](Cc1ccccc1)(C(=O)NCc1ncccc1C)C2. The Balaban J connectivity index is 1.61. The molecule has 5 heteroatoms. The molecule has 146 valence electrons. The summed E-state index contributed by atoms with van der Waals surface area (Å²) >= 11 is 0. The summed E-state index contributed by atoms with van der Waals surface area (Å²) in [4.78, 5) is 32.2. The number of hydrogen-bond acceptors (Lipinski definition) is 3. The fourth-order valence-corrected chi connectivity index (χ4v) is 5.18. The van der Waals surface area contributed by atoms with Crippen molar-refractivity contribution in [2.75, 3.05) is 0 Å². The van der Waals surface area contributed by atoms with Crippen molar-refractivity contribution in [3.05, 3.63) is 65.5 Å². The molecule has 2 aliphatic heterocycles. The van der Waals surface area contributed by atoms with Crippen LogP contribution in [0.15, 0.2) is 48.7 Å². The average Bonchev–Trinajstić information content (AvgIpc) is 3.24. The molecule has 2 fully saturated rings. The number of carbonyl (C=O) groups is 2. The summed E-state index contributed by atoms with van der Waals surface area (Å²) in [5.41, 5.74) is 2.52. The highest BCUT2D eigenvalue weighted by Gasteiger charge is 2.60. The van der Waals surface area contributed by atoms with E-state index in [0.29, 0.717) is 13.0 Å². The monoisotopic (exact) mass is 377 g/mol. The van der Waals surface area contributed by atoms with Gasteiger partial charge in [0.2, 0.25) is 11.8 Å². The number of aromatic nitrogens is 1. The lowest BCUT2D eigenvalue weighted by Crippen LogP contribution is -2.51. The Morgan fingerprint density at radius 3 is 2.64 bits per heavy atom. The third-order valence-electron chi connectivity index (χ3n) is 6.45. The van der Waals surface area contributed by atoms with E-state index in [1.807, 2.05) is 42.2 Å². The average molecular weight is 377 g/mol. The number of amides is 2. The number of hydrogen-bond donors (Lipinski definition) is 1. The molecule has 1 aromatic carbocycles. The van der Waals surface area contributed by atoms with Crippen LogP contribution in [0.25, 0.3) is 0 Å². The van der Waals surface area contributed by atoms with Crippen molar-refractivity contribution in [3.63, 3.8) is 0 Å². The number of benzene rings is 1. The molecule has 0 unspecified atom stereocenters. The van der Waals surface area contributed by atoms with E-state index in [-0.39, 0.29) is 23.9 Å². The molecule has 2 saturated heterocycles. The minimum atomic E-state index is -0.571. The number of carbonyl (C=O) groups excluding carboxylic acids is 2. The Labute approximate surface area is 166 Å². The molecule has 0 radical (unpaired) electrons. The van der Waals surface area contributed by atoms with E-state index in [4.69, 9.17) is 0 Å². The predicted molar refractivity (Wildman–Crippen MR) is 107 cm³/mol. The first-order valence-corrected chi connectivity index (χ1v) is 10.0. The molecule has 28 heavy (non-hydrogen) atoms. The minimum Gasteiger partial charge on any atom is -0.350 e. The molecule has 5 nitrogen and oxygen atoms in total. The highest BCUT2D eigenvalue weighted by Crippen LogP contribution is 2.51. The van der Waals surface area contributed by atoms with Crippen molar-refractivity contribution < 1.29 is 9.59 Å².